The Kier molecular flexibility index (Phi) is 4.72. The molecule has 2 rings (SSSR count). The highest BCUT2D eigenvalue weighted by Crippen LogP contribution is 2.28. The fraction of sp³-hybridized carbons (Fsp3) is 0.500. The van der Waals surface area contributed by atoms with E-state index < -0.39 is 24.5 Å². The van der Waals surface area contributed by atoms with E-state index in [2.05, 4.69) is 5.32 Å². The minimum Gasteiger partial charge on any atom is -0.492 e. The number of carbonyl (C=O) groups excluding carboxylic acids is 1. The Morgan fingerprint density at radius 1 is 1.43 bits per heavy atom. The van der Waals surface area contributed by atoms with Crippen molar-refractivity contribution in [3.8, 4) is 5.75 Å². The van der Waals surface area contributed by atoms with Crippen LogP contribution in [0.15, 0.2) is 24.3 Å². The highest BCUT2D eigenvalue weighted by atomic mass is 19.4. The molecule has 1 amide bonds. The van der Waals surface area contributed by atoms with Gasteiger partial charge in [0.05, 0.1) is 6.42 Å². The van der Waals surface area contributed by atoms with Crippen LogP contribution in [0.2, 0.25) is 0 Å². The van der Waals surface area contributed by atoms with Crippen LogP contribution in [-0.2, 0) is 4.79 Å². The van der Waals surface area contributed by atoms with E-state index in [1.165, 1.54) is 7.05 Å². The number of rotatable bonds is 3. The Morgan fingerprint density at radius 3 is 2.86 bits per heavy atom. The average molecular weight is 302 g/mol. The summed E-state index contributed by atoms with van der Waals surface area (Å²) in [5.74, 6) is 0.197. The van der Waals surface area contributed by atoms with E-state index in [1.54, 1.807) is 24.3 Å². The van der Waals surface area contributed by atoms with Crippen LogP contribution in [0.1, 0.15) is 18.0 Å². The van der Waals surface area contributed by atoms with Crippen LogP contribution in [0.4, 0.5) is 13.2 Å². The maximum atomic E-state index is 12.4. The number of amides is 1. The lowest BCUT2D eigenvalue weighted by atomic mass is 10.0. The molecule has 1 aromatic rings. The Morgan fingerprint density at radius 2 is 2.14 bits per heavy atom. The van der Waals surface area contributed by atoms with Crippen molar-refractivity contribution in [3.05, 3.63) is 29.8 Å². The lowest BCUT2D eigenvalue weighted by Crippen LogP contribution is -2.40. The normalized spacial score (nSPS) is 18.4. The van der Waals surface area contributed by atoms with E-state index in [1.807, 2.05) is 0 Å². The Hall–Kier alpha value is -1.76. The molecule has 0 fully saturated rings. The molecule has 1 aliphatic heterocycles. The largest absolute Gasteiger partial charge is 0.492 e. The van der Waals surface area contributed by atoms with Crippen molar-refractivity contribution in [2.24, 2.45) is 0 Å². The number of halogens is 3. The van der Waals surface area contributed by atoms with Crippen LogP contribution in [0.5, 0.6) is 5.75 Å². The lowest BCUT2D eigenvalue weighted by molar-refractivity contribution is -0.145. The number of hydrogen-bond donors (Lipinski definition) is 1. The van der Waals surface area contributed by atoms with Crippen molar-refractivity contribution in [1.82, 2.24) is 10.2 Å². The molecule has 0 radical (unpaired) electrons. The number of fused-ring (bicyclic) bond motifs is 1. The molecule has 1 atom stereocenters. The number of nitrogens with zero attached hydrogens (tertiary/aromatic N) is 1. The summed E-state index contributed by atoms with van der Waals surface area (Å²) in [6, 6.07) is 6.37. The van der Waals surface area contributed by atoms with Crippen LogP contribution >= 0.6 is 0 Å². The molecule has 1 unspecified atom stereocenters. The smallest absolute Gasteiger partial charge is 0.390 e. The molecular formula is C14H17F3N2O2. The van der Waals surface area contributed by atoms with E-state index >= 15 is 0 Å². The number of carbonyl (C=O) groups is 1. The van der Waals surface area contributed by atoms with E-state index in [0.29, 0.717) is 24.5 Å². The van der Waals surface area contributed by atoms with Gasteiger partial charge in [-0.15, -0.1) is 0 Å². The van der Waals surface area contributed by atoms with Crippen molar-refractivity contribution in [2.75, 3.05) is 26.7 Å². The lowest BCUT2D eigenvalue weighted by Gasteiger charge is -2.24. The number of hydrogen-bond acceptors (Lipinski definition) is 3. The fourth-order valence-corrected chi connectivity index (χ4v) is 2.17. The van der Waals surface area contributed by atoms with Gasteiger partial charge in [-0.3, -0.25) is 10.1 Å². The second kappa shape index (κ2) is 6.34. The van der Waals surface area contributed by atoms with E-state index in [9.17, 15) is 18.0 Å². The molecular weight excluding hydrogens is 285 g/mol. The second-order valence-electron chi connectivity index (χ2n) is 4.90. The van der Waals surface area contributed by atoms with Crippen molar-refractivity contribution in [3.63, 3.8) is 0 Å². The minimum absolute atomic E-state index is 0.358. The number of nitrogens with one attached hydrogen (secondary N) is 1. The monoisotopic (exact) mass is 302 g/mol. The maximum absolute atomic E-state index is 12.4. The van der Waals surface area contributed by atoms with Crippen molar-refractivity contribution in [2.45, 2.75) is 18.6 Å². The first-order chi connectivity index (χ1) is 9.88. The summed E-state index contributed by atoms with van der Waals surface area (Å²) < 4.78 is 42.3. The van der Waals surface area contributed by atoms with Crippen LogP contribution in [0, 0.1) is 0 Å². The summed E-state index contributed by atoms with van der Waals surface area (Å²) in [6.45, 7) is 0.509. The third-order valence-corrected chi connectivity index (χ3v) is 3.29. The van der Waals surface area contributed by atoms with Gasteiger partial charge in [-0.1, -0.05) is 18.2 Å². The number of alkyl halides is 3. The molecule has 0 spiro atoms. The summed E-state index contributed by atoms with van der Waals surface area (Å²) in [5, 5.41) is 3.02. The Labute approximate surface area is 120 Å². The molecule has 21 heavy (non-hydrogen) atoms. The molecule has 1 aliphatic rings. The van der Waals surface area contributed by atoms with Crippen LogP contribution in [0.25, 0.3) is 0 Å². The summed E-state index contributed by atoms with van der Waals surface area (Å²) >= 11 is 0. The topological polar surface area (TPSA) is 41.6 Å². The SMILES string of the molecule is CN(CCC(F)(F)F)C(=O)C1NCCOc2ccccc21. The summed E-state index contributed by atoms with van der Waals surface area (Å²) in [7, 11) is 1.38. The van der Waals surface area contributed by atoms with Gasteiger partial charge in [0.15, 0.2) is 0 Å². The first-order valence-electron chi connectivity index (χ1n) is 6.65. The standard InChI is InChI=1S/C14H17F3N2O2/c1-19(8-6-14(15,16)17)13(20)12-10-4-2-3-5-11(10)21-9-7-18-12/h2-5,12,18H,6-9H2,1H3. The molecule has 7 heteroatoms. The molecule has 116 valence electrons. The van der Waals surface area contributed by atoms with E-state index in [0.717, 1.165) is 4.90 Å². The van der Waals surface area contributed by atoms with Gasteiger partial charge in [0.1, 0.15) is 18.4 Å². The molecule has 0 bridgehead atoms. The van der Waals surface area contributed by atoms with E-state index in [-0.39, 0.29) is 6.54 Å². The molecule has 4 nitrogen and oxygen atoms in total. The number of benzene rings is 1. The third kappa shape index (κ3) is 4.10. The maximum Gasteiger partial charge on any atom is 0.390 e. The van der Waals surface area contributed by atoms with Crippen LogP contribution < -0.4 is 10.1 Å². The van der Waals surface area contributed by atoms with Crippen molar-refractivity contribution in [1.29, 1.82) is 0 Å². The molecule has 0 saturated carbocycles. The fourth-order valence-electron chi connectivity index (χ4n) is 2.17. The first kappa shape index (κ1) is 15.6. The predicted molar refractivity (Wildman–Crippen MR) is 71.0 cm³/mol. The molecule has 0 aliphatic carbocycles. The molecule has 1 heterocycles. The van der Waals surface area contributed by atoms with Gasteiger partial charge in [-0.05, 0) is 6.07 Å². The van der Waals surface area contributed by atoms with Gasteiger partial charge >= 0.3 is 6.18 Å². The van der Waals surface area contributed by atoms with Crippen molar-refractivity contribution < 1.29 is 22.7 Å². The van der Waals surface area contributed by atoms with Gasteiger partial charge < -0.3 is 9.64 Å². The molecule has 0 aromatic heterocycles. The first-order valence-corrected chi connectivity index (χ1v) is 6.65. The number of likely N-dealkylation sites (N-methyl/N-ethyl adjacent to an activating group) is 1. The highest BCUT2D eigenvalue weighted by molar-refractivity contribution is 5.84. The Bertz CT molecular complexity index is 505. The van der Waals surface area contributed by atoms with Crippen LogP contribution in [0.3, 0.4) is 0 Å². The van der Waals surface area contributed by atoms with Crippen molar-refractivity contribution >= 4 is 5.91 Å². The quantitative estimate of drug-likeness (QED) is 0.930. The average Bonchev–Trinajstić information content (AvgIpc) is 2.65. The summed E-state index contributed by atoms with van der Waals surface area (Å²) in [4.78, 5) is 13.5. The van der Waals surface area contributed by atoms with Gasteiger partial charge in [0, 0.05) is 25.7 Å². The highest BCUT2D eigenvalue weighted by Gasteiger charge is 2.31. The van der Waals surface area contributed by atoms with Gasteiger partial charge in [-0.25, -0.2) is 0 Å². The minimum atomic E-state index is -4.27. The number of ether oxygens (including phenoxy) is 1. The zero-order valence-electron chi connectivity index (χ0n) is 11.6. The molecule has 1 aromatic carbocycles. The zero-order valence-corrected chi connectivity index (χ0v) is 11.6. The molecule has 1 N–H and O–H groups in total. The van der Waals surface area contributed by atoms with Gasteiger partial charge in [0.2, 0.25) is 5.91 Å². The third-order valence-electron chi connectivity index (χ3n) is 3.29. The summed E-state index contributed by atoms with van der Waals surface area (Å²) in [5.41, 5.74) is 0.652. The summed E-state index contributed by atoms with van der Waals surface area (Å²) in [6.07, 6.45) is -5.29. The molecule has 0 saturated heterocycles. The van der Waals surface area contributed by atoms with Crippen LogP contribution in [-0.4, -0.2) is 43.7 Å². The number of para-hydroxylation sites is 1. The van der Waals surface area contributed by atoms with E-state index in [4.69, 9.17) is 4.74 Å². The van der Waals surface area contributed by atoms with Gasteiger partial charge in [-0.2, -0.15) is 13.2 Å². The predicted octanol–water partition coefficient (Wildman–Crippen LogP) is 2.12. The second-order valence-corrected chi connectivity index (χ2v) is 4.90. The van der Waals surface area contributed by atoms with Gasteiger partial charge in [0.25, 0.3) is 0 Å². The zero-order chi connectivity index (χ0) is 15.5. The Balaban J connectivity index is 2.11.